The summed E-state index contributed by atoms with van der Waals surface area (Å²) < 4.78 is 23.4. The maximum atomic E-state index is 4.74. The first-order valence-electron chi connectivity index (χ1n) is 14.2. The highest BCUT2D eigenvalue weighted by Crippen LogP contribution is 1.88. The highest BCUT2D eigenvalue weighted by atomic mass is 16.6. The second-order valence-electron chi connectivity index (χ2n) is 7.67. The van der Waals surface area contributed by atoms with Gasteiger partial charge in [0.25, 0.3) is 0 Å². The molecule has 2 N–H and O–H groups in total. The second kappa shape index (κ2) is 36.6. The van der Waals surface area contributed by atoms with E-state index in [0.717, 1.165) is 13.0 Å². The van der Waals surface area contributed by atoms with Crippen LogP contribution < -0.4 is 10.8 Å². The highest BCUT2D eigenvalue weighted by molar-refractivity contribution is 5.71. The summed E-state index contributed by atoms with van der Waals surface area (Å²) in [5.74, 6) is 0. The minimum Gasteiger partial charge on any atom is -0.494 e. The summed E-state index contributed by atoms with van der Waals surface area (Å²) in [5, 5.41) is 9.73. The van der Waals surface area contributed by atoms with E-state index in [2.05, 4.69) is 65.1 Å². The molecule has 8 rings (SSSR count). The van der Waals surface area contributed by atoms with Gasteiger partial charge in [-0.2, -0.15) is 0 Å². The molecule has 48 heavy (non-hydrogen) atoms. The van der Waals surface area contributed by atoms with E-state index in [-0.39, 0.29) is 0 Å². The number of hydrogen-bond acceptors (Lipinski definition) is 16. The Labute approximate surface area is 279 Å². The van der Waals surface area contributed by atoms with Gasteiger partial charge >= 0.3 is 0 Å². The van der Waals surface area contributed by atoms with E-state index in [0.29, 0.717) is 26.6 Å². The molecule has 0 saturated carbocycles. The lowest BCUT2D eigenvalue weighted by Gasteiger charge is -1.97. The Morgan fingerprint density at radius 3 is 1.69 bits per heavy atom. The zero-order valence-electron chi connectivity index (χ0n) is 26.2. The van der Waals surface area contributed by atoms with Crippen LogP contribution in [0.2, 0.25) is 0 Å². The van der Waals surface area contributed by atoms with Crippen LogP contribution in [-0.2, 0) is 38.2 Å². The van der Waals surface area contributed by atoms with Crippen LogP contribution in [0.4, 0.5) is 0 Å². The first-order valence-corrected chi connectivity index (χ1v) is 14.2. The molecule has 0 amide bonds. The summed E-state index contributed by atoms with van der Waals surface area (Å²) >= 11 is 0. The van der Waals surface area contributed by atoms with E-state index in [1.807, 2.05) is 36.5 Å². The third-order valence-corrected chi connectivity index (χ3v) is 4.11. The lowest BCUT2D eigenvalue weighted by molar-refractivity contribution is 0.172. The summed E-state index contributed by atoms with van der Waals surface area (Å²) in [7, 11) is 0. The number of ether oxygens (including phenoxy) is 5. The largest absolute Gasteiger partial charge is 0.494 e. The van der Waals surface area contributed by atoms with Gasteiger partial charge in [0.15, 0.2) is 19.5 Å². The Bertz CT molecular complexity index is 944. The first kappa shape index (κ1) is 39.4. The minimum absolute atomic E-state index is 0.483. The van der Waals surface area contributed by atoms with E-state index in [1.54, 1.807) is 112 Å². The molecule has 0 aromatic heterocycles. The van der Waals surface area contributed by atoms with Crippen molar-refractivity contribution in [3.05, 3.63) is 123 Å². The molecule has 8 aliphatic heterocycles. The molecule has 0 atom stereocenters. The second-order valence-corrected chi connectivity index (χ2v) is 7.67. The zero-order valence-corrected chi connectivity index (χ0v) is 26.2. The van der Waals surface area contributed by atoms with Gasteiger partial charge in [0.1, 0.15) is 51.1 Å². The van der Waals surface area contributed by atoms with Gasteiger partial charge in [-0.25, -0.2) is 10.5 Å². The number of nitrogens with zero attached hydrogens (tertiary/aromatic N) is 6. The molecule has 16 heteroatoms. The summed E-state index contributed by atoms with van der Waals surface area (Å²) in [5.41, 5.74) is 2.52. The Kier molecular flexibility index (Phi) is 30.1. The molecule has 16 nitrogen and oxygen atoms in total. The summed E-state index contributed by atoms with van der Waals surface area (Å²) in [6.07, 6.45) is 44.8. The van der Waals surface area contributed by atoms with Gasteiger partial charge in [-0.1, -0.05) is 10.3 Å². The number of nitrogens with one attached hydrogen (secondary N) is 2. The van der Waals surface area contributed by atoms with Crippen LogP contribution in [-0.4, -0.2) is 70.8 Å². The average Bonchev–Trinajstić information content (AvgIpc) is 3.25. The Morgan fingerprint density at radius 2 is 1.52 bits per heavy atom. The lowest BCUT2D eigenvalue weighted by Crippen LogP contribution is -2.01. The molecule has 0 radical (unpaired) electrons. The van der Waals surface area contributed by atoms with Crippen LogP contribution in [0.1, 0.15) is 6.42 Å². The maximum Gasteiger partial charge on any atom is 0.178 e. The van der Waals surface area contributed by atoms with Crippen molar-refractivity contribution in [2.75, 3.05) is 33.1 Å². The predicted octanol–water partition coefficient (Wildman–Crippen LogP) is 4.80. The number of hydroxylamine groups is 1. The van der Waals surface area contributed by atoms with Crippen molar-refractivity contribution >= 4 is 37.7 Å². The van der Waals surface area contributed by atoms with Crippen molar-refractivity contribution in [2.24, 2.45) is 30.3 Å². The quantitative estimate of drug-likeness (QED) is 0.367. The van der Waals surface area contributed by atoms with Crippen LogP contribution >= 0.6 is 0 Å². The number of oxime groups is 2. The van der Waals surface area contributed by atoms with Gasteiger partial charge in [0.2, 0.25) is 0 Å². The van der Waals surface area contributed by atoms with E-state index >= 15 is 0 Å². The van der Waals surface area contributed by atoms with Crippen molar-refractivity contribution in [3.63, 3.8) is 0 Å². The molecule has 0 fully saturated rings. The smallest absolute Gasteiger partial charge is 0.178 e. The van der Waals surface area contributed by atoms with Crippen molar-refractivity contribution < 1.29 is 38.2 Å². The fourth-order valence-electron chi connectivity index (χ4n) is 2.20. The molecule has 0 aromatic rings. The van der Waals surface area contributed by atoms with Gasteiger partial charge in [-0.15, -0.1) is 0 Å². The van der Waals surface area contributed by atoms with Gasteiger partial charge < -0.3 is 43.5 Å². The molecular formula is C32H40N8O8. The highest BCUT2D eigenvalue weighted by Gasteiger charge is 1.80. The number of rotatable bonds is 0. The molecule has 0 aromatic carbocycles. The monoisotopic (exact) mass is 664 g/mol. The normalized spacial score (nSPS) is 17.0. The summed E-state index contributed by atoms with van der Waals surface area (Å²) in [6.45, 7) is 3.16. The van der Waals surface area contributed by atoms with Crippen molar-refractivity contribution in [1.29, 1.82) is 0 Å². The molecular weight excluding hydrogens is 624 g/mol. The molecule has 256 valence electrons. The fraction of sp³-hybridized carbons (Fsp3) is 0.188. The van der Waals surface area contributed by atoms with Crippen LogP contribution in [0.25, 0.3) is 0 Å². The number of aliphatic imine (C=N–C) groups is 4. The number of hydrogen-bond donors (Lipinski definition) is 2. The topological polar surface area (TPSA) is 172 Å². The van der Waals surface area contributed by atoms with E-state index in [4.69, 9.17) is 14.2 Å². The Morgan fingerprint density at radius 1 is 0.562 bits per heavy atom. The van der Waals surface area contributed by atoms with Gasteiger partial charge in [0, 0.05) is 49.9 Å². The maximum absolute atomic E-state index is 4.74. The van der Waals surface area contributed by atoms with Crippen LogP contribution in [0.15, 0.2) is 154 Å². The third kappa shape index (κ3) is 33.9. The minimum atomic E-state index is 0.483. The molecule has 8 aliphatic rings. The van der Waals surface area contributed by atoms with E-state index in [1.165, 1.54) is 12.8 Å². The predicted molar refractivity (Wildman–Crippen MR) is 186 cm³/mol. The molecule has 0 aliphatic carbocycles. The standard InChI is InChI=1S/8C4H5NO/c2*1-3-6-4-2-5-1;3*1-2-5-4-6-3-1;3*1-2-4-6-5-3-1/h1-3H,4H2;1-5H;1,3-4H,2H2;1-2,4H,3H2;1-3H,4H2;2-4H,1H2;1-3H,4H2;1-5H. The van der Waals surface area contributed by atoms with Crippen molar-refractivity contribution in [1.82, 2.24) is 10.8 Å². The molecule has 8 heterocycles. The zero-order chi connectivity index (χ0) is 33.9. The van der Waals surface area contributed by atoms with Gasteiger partial charge in [0.05, 0.1) is 31.5 Å². The van der Waals surface area contributed by atoms with Crippen LogP contribution in [0.5, 0.6) is 0 Å². The summed E-state index contributed by atoms with van der Waals surface area (Å²) in [6, 6.07) is 0. The molecule has 0 spiro atoms. The molecule has 0 unspecified atom stereocenters. The lowest BCUT2D eigenvalue weighted by atomic mass is 10.4. The first-order chi connectivity index (χ1) is 24.0. The Balaban J connectivity index is 0.000000274. The SMILES string of the molecule is C1=CCON=C1.C1=CN=COC1.C1=CNOC=C1.C1=COC=CN1.C1=COC=NC1.C1=COCC=N1.C1=COCN=C1.C1=CON=CC1. The van der Waals surface area contributed by atoms with Gasteiger partial charge in [-0.05, 0) is 48.6 Å². The van der Waals surface area contributed by atoms with Crippen LogP contribution in [0.3, 0.4) is 0 Å². The van der Waals surface area contributed by atoms with Gasteiger partial charge in [-0.3, -0.25) is 15.0 Å². The number of allylic oxidation sites excluding steroid dienone is 5. The average molecular weight is 665 g/mol. The Hall–Kier alpha value is -6.58. The van der Waals surface area contributed by atoms with Crippen LogP contribution in [0, 0.1) is 0 Å². The van der Waals surface area contributed by atoms with Crippen molar-refractivity contribution in [2.45, 2.75) is 6.42 Å². The fourth-order valence-corrected chi connectivity index (χ4v) is 2.20. The third-order valence-electron chi connectivity index (χ3n) is 4.11. The van der Waals surface area contributed by atoms with E-state index < -0.39 is 0 Å². The summed E-state index contributed by atoms with van der Waals surface area (Å²) in [4.78, 5) is 28.4. The van der Waals surface area contributed by atoms with Crippen molar-refractivity contribution in [3.8, 4) is 0 Å². The molecule has 0 bridgehead atoms. The molecule has 0 saturated heterocycles. The van der Waals surface area contributed by atoms with E-state index in [9.17, 15) is 0 Å².